The number of nitrogens with zero attached hydrogens (tertiary/aromatic N) is 1. The number of methoxy groups -OCH3 is 2. The summed E-state index contributed by atoms with van der Waals surface area (Å²) in [5, 5.41) is 1.17. The van der Waals surface area contributed by atoms with Crippen LogP contribution in [0.1, 0.15) is 22.7 Å². The lowest BCUT2D eigenvalue weighted by atomic mass is 10.0. The molecule has 36 heavy (non-hydrogen) atoms. The van der Waals surface area contributed by atoms with Crippen LogP contribution in [0.25, 0.3) is 0 Å². The van der Waals surface area contributed by atoms with Gasteiger partial charge in [-0.05, 0) is 35.9 Å². The normalized spacial score (nSPS) is 13.0. The lowest BCUT2D eigenvalue weighted by Gasteiger charge is -2.31. The van der Waals surface area contributed by atoms with Gasteiger partial charge in [0.2, 0.25) is 0 Å². The molecular weight excluding hydrogens is 524 g/mol. The summed E-state index contributed by atoms with van der Waals surface area (Å²) >= 11 is 6.24. The van der Waals surface area contributed by atoms with Crippen LogP contribution in [0.5, 0.6) is 11.5 Å². The van der Waals surface area contributed by atoms with Gasteiger partial charge in [-0.15, -0.1) is 4.83 Å². The molecule has 0 unspecified atom stereocenters. The van der Waals surface area contributed by atoms with E-state index in [1.807, 2.05) is 0 Å². The van der Waals surface area contributed by atoms with Gasteiger partial charge < -0.3 is 9.47 Å². The topological polar surface area (TPSA) is 67.9 Å². The maximum Gasteiger partial charge on any atom is 0.416 e. The molecule has 0 aliphatic carbocycles. The third-order valence-electron chi connectivity index (χ3n) is 5.31. The molecule has 1 N–H and O–H groups in total. The average molecular weight is 547 g/mol. The van der Waals surface area contributed by atoms with Crippen molar-refractivity contribution >= 4 is 21.6 Å². The van der Waals surface area contributed by atoms with E-state index in [0.29, 0.717) is 5.56 Å². The van der Waals surface area contributed by atoms with Crippen molar-refractivity contribution < 1.29 is 35.5 Å². The van der Waals surface area contributed by atoms with Gasteiger partial charge in [-0.25, -0.2) is 17.8 Å². The Bertz CT molecular complexity index is 1290. The quantitative estimate of drug-likeness (QED) is 0.258. The minimum atomic E-state index is -4.67. The number of halogens is 5. The average Bonchev–Trinajstić information content (AvgIpc) is 2.84. The molecule has 1 atom stereocenters. The van der Waals surface area contributed by atoms with Crippen molar-refractivity contribution in [3.05, 3.63) is 88.4 Å². The number of alkyl halides is 4. The van der Waals surface area contributed by atoms with E-state index in [2.05, 4.69) is 4.83 Å². The number of nitrogens with one attached hydrogen (secondary N) is 1. The zero-order valence-corrected chi connectivity index (χ0v) is 20.8. The predicted molar refractivity (Wildman–Crippen MR) is 127 cm³/mol. The zero-order valence-electron chi connectivity index (χ0n) is 19.2. The van der Waals surface area contributed by atoms with Crippen LogP contribution in [0.3, 0.4) is 0 Å². The SMILES string of the molecule is COc1cc(OC)c(CN(NS(=O)(=O)c2ccccc2)[C@H](CF)c2cccc(C(F)(F)F)c2)cc1Cl. The van der Waals surface area contributed by atoms with E-state index in [9.17, 15) is 26.0 Å². The van der Waals surface area contributed by atoms with E-state index in [-0.39, 0.29) is 33.5 Å². The summed E-state index contributed by atoms with van der Waals surface area (Å²) in [6.45, 7) is -1.51. The van der Waals surface area contributed by atoms with Crippen molar-refractivity contribution in [2.45, 2.75) is 23.7 Å². The standard InChI is InChI=1S/C24H23ClF4N2O4S/c1-34-22-13-23(35-2)20(25)12-17(22)15-31(30-36(32,33)19-9-4-3-5-10-19)21(14-26)16-7-6-8-18(11-16)24(27,28)29/h3-13,21,30H,14-15H2,1-2H3/t21-/m1/s1. The fourth-order valence-electron chi connectivity index (χ4n) is 3.52. The summed E-state index contributed by atoms with van der Waals surface area (Å²) < 4.78 is 91.2. The highest BCUT2D eigenvalue weighted by molar-refractivity contribution is 7.89. The van der Waals surface area contributed by atoms with E-state index in [0.717, 1.165) is 23.2 Å². The van der Waals surface area contributed by atoms with Crippen LogP contribution >= 0.6 is 11.6 Å². The Kier molecular flexibility index (Phi) is 8.83. The van der Waals surface area contributed by atoms with E-state index < -0.39 is 34.5 Å². The second kappa shape index (κ2) is 11.5. The Morgan fingerprint density at radius 2 is 1.64 bits per heavy atom. The van der Waals surface area contributed by atoms with Gasteiger partial charge in [0, 0.05) is 18.2 Å². The maximum absolute atomic E-state index is 14.4. The lowest BCUT2D eigenvalue weighted by molar-refractivity contribution is -0.137. The molecule has 12 heteroatoms. The number of hydrazine groups is 1. The van der Waals surface area contributed by atoms with Crippen molar-refractivity contribution in [2.75, 3.05) is 20.9 Å². The van der Waals surface area contributed by atoms with E-state index in [4.69, 9.17) is 21.1 Å². The van der Waals surface area contributed by atoms with E-state index in [1.165, 1.54) is 56.7 Å². The van der Waals surface area contributed by atoms with Crippen LogP contribution < -0.4 is 14.3 Å². The molecule has 0 radical (unpaired) electrons. The first-order valence-corrected chi connectivity index (χ1v) is 12.3. The highest BCUT2D eigenvalue weighted by Gasteiger charge is 2.33. The second-order valence-corrected chi connectivity index (χ2v) is 9.70. The number of hydrogen-bond acceptors (Lipinski definition) is 5. The Labute approximate surface area is 211 Å². The van der Waals surface area contributed by atoms with Crippen LogP contribution in [0.15, 0.2) is 71.6 Å². The second-order valence-electron chi connectivity index (χ2n) is 7.63. The van der Waals surface area contributed by atoms with Crippen LogP contribution in [0.2, 0.25) is 5.02 Å². The number of benzene rings is 3. The van der Waals surface area contributed by atoms with E-state index >= 15 is 0 Å². The predicted octanol–water partition coefficient (Wildman–Crippen LogP) is 5.78. The van der Waals surface area contributed by atoms with E-state index in [1.54, 1.807) is 6.07 Å². The fraction of sp³-hybridized carbons (Fsp3) is 0.250. The minimum absolute atomic E-state index is 0.0818. The summed E-state index contributed by atoms with van der Waals surface area (Å²) in [5.41, 5.74) is -0.736. The lowest BCUT2D eigenvalue weighted by Crippen LogP contribution is -2.44. The van der Waals surface area contributed by atoms with Gasteiger partial charge in [-0.1, -0.05) is 41.9 Å². The molecule has 0 saturated heterocycles. The van der Waals surface area contributed by atoms with Crippen LogP contribution in [-0.2, 0) is 22.7 Å². The summed E-state index contributed by atoms with van der Waals surface area (Å²) in [5.74, 6) is 0.537. The van der Waals surface area contributed by atoms with Crippen LogP contribution in [-0.4, -0.2) is 34.3 Å². The molecule has 0 aliphatic rings. The van der Waals surface area contributed by atoms with Crippen LogP contribution in [0, 0.1) is 0 Å². The summed E-state index contributed by atoms with van der Waals surface area (Å²) in [6, 6.07) is 12.9. The molecule has 3 rings (SSSR count). The first kappa shape index (κ1) is 27.7. The van der Waals surface area contributed by atoms with Crippen molar-refractivity contribution in [1.29, 1.82) is 0 Å². The third kappa shape index (κ3) is 6.47. The smallest absolute Gasteiger partial charge is 0.416 e. The Morgan fingerprint density at radius 3 is 2.22 bits per heavy atom. The zero-order chi connectivity index (χ0) is 26.5. The molecule has 194 valence electrons. The highest BCUT2D eigenvalue weighted by atomic mass is 35.5. The monoisotopic (exact) mass is 546 g/mol. The van der Waals surface area contributed by atoms with Crippen molar-refractivity contribution in [2.24, 2.45) is 0 Å². The molecule has 6 nitrogen and oxygen atoms in total. The maximum atomic E-state index is 14.4. The molecule has 0 heterocycles. The highest BCUT2D eigenvalue weighted by Crippen LogP contribution is 2.36. The van der Waals surface area contributed by atoms with Crippen molar-refractivity contribution in [3.63, 3.8) is 0 Å². The van der Waals surface area contributed by atoms with Gasteiger partial charge in [-0.3, -0.25) is 0 Å². The molecule has 0 saturated carbocycles. The Morgan fingerprint density at radius 1 is 0.972 bits per heavy atom. The van der Waals surface area contributed by atoms with Gasteiger partial charge in [0.15, 0.2) is 0 Å². The fourth-order valence-corrected chi connectivity index (χ4v) is 4.90. The molecule has 0 amide bonds. The molecule has 3 aromatic rings. The molecular formula is C24H23ClF4N2O4S. The summed E-state index contributed by atoms with van der Waals surface area (Å²) in [7, 11) is -1.47. The number of hydrogen-bond donors (Lipinski definition) is 1. The number of ether oxygens (including phenoxy) is 2. The molecule has 0 aliphatic heterocycles. The van der Waals surface area contributed by atoms with Gasteiger partial charge >= 0.3 is 6.18 Å². The first-order valence-electron chi connectivity index (χ1n) is 10.5. The summed E-state index contributed by atoms with van der Waals surface area (Å²) in [6.07, 6.45) is -4.67. The van der Waals surface area contributed by atoms with Gasteiger partial charge in [0.25, 0.3) is 10.0 Å². The van der Waals surface area contributed by atoms with Crippen molar-refractivity contribution in [3.8, 4) is 11.5 Å². The number of rotatable bonds is 10. The number of sulfonamides is 1. The van der Waals surface area contributed by atoms with Gasteiger partial charge in [-0.2, -0.15) is 13.2 Å². The summed E-state index contributed by atoms with van der Waals surface area (Å²) in [4.78, 5) is 2.21. The molecule has 0 aromatic heterocycles. The molecule has 0 spiro atoms. The van der Waals surface area contributed by atoms with Gasteiger partial charge in [0.05, 0.1) is 35.7 Å². The minimum Gasteiger partial charge on any atom is -0.496 e. The Hall–Kier alpha value is -2.86. The van der Waals surface area contributed by atoms with Crippen molar-refractivity contribution in [1.82, 2.24) is 9.84 Å². The third-order valence-corrected chi connectivity index (χ3v) is 6.97. The first-order chi connectivity index (χ1) is 17.0. The largest absolute Gasteiger partial charge is 0.496 e. The van der Waals surface area contributed by atoms with Crippen LogP contribution in [0.4, 0.5) is 17.6 Å². The Balaban J connectivity index is 2.10. The molecule has 3 aromatic carbocycles. The molecule has 0 bridgehead atoms. The molecule has 0 fully saturated rings. The van der Waals surface area contributed by atoms with Gasteiger partial charge in [0.1, 0.15) is 18.2 Å².